The summed E-state index contributed by atoms with van der Waals surface area (Å²) in [4.78, 5) is 17.0. The first-order valence-corrected chi connectivity index (χ1v) is 10.7. The van der Waals surface area contributed by atoms with Gasteiger partial charge in [-0.05, 0) is 18.2 Å². The molecule has 1 saturated heterocycles. The van der Waals surface area contributed by atoms with E-state index in [1.165, 1.54) is 0 Å². The predicted octanol–water partition coefficient (Wildman–Crippen LogP) is 2.56. The Morgan fingerprint density at radius 2 is 1.90 bits per heavy atom. The first kappa shape index (κ1) is 22.3. The lowest BCUT2D eigenvalue weighted by Crippen LogP contribution is -2.46. The number of guanidine groups is 1. The van der Waals surface area contributed by atoms with Gasteiger partial charge >= 0.3 is 6.18 Å². The number of anilines is 1. The highest BCUT2D eigenvalue weighted by Crippen LogP contribution is 2.29. The van der Waals surface area contributed by atoms with Gasteiger partial charge in [-0.15, -0.1) is 11.3 Å². The Hall–Kier alpha value is -2.40. The Bertz CT molecular complexity index is 827. The number of likely N-dealkylation sites (N-methyl/N-ethyl adjacent to an activating group) is 1. The monoisotopic (exact) mass is 441 g/mol. The molecule has 0 unspecified atom stereocenters. The van der Waals surface area contributed by atoms with Gasteiger partial charge in [-0.3, -0.25) is 4.99 Å². The van der Waals surface area contributed by atoms with Gasteiger partial charge in [-0.2, -0.15) is 13.2 Å². The molecule has 0 aromatic carbocycles. The summed E-state index contributed by atoms with van der Waals surface area (Å²) >= 11 is 0.966. The minimum Gasteiger partial charge on any atom is -0.354 e. The summed E-state index contributed by atoms with van der Waals surface area (Å²) in [5.74, 6) is 1.46. The van der Waals surface area contributed by atoms with E-state index in [-0.39, 0.29) is 6.54 Å². The number of hydrogen-bond acceptors (Lipinski definition) is 6. The van der Waals surface area contributed by atoms with Crippen molar-refractivity contribution in [3.05, 3.63) is 40.0 Å². The Morgan fingerprint density at radius 3 is 2.47 bits per heavy atom. The molecule has 2 N–H and O–H groups in total. The van der Waals surface area contributed by atoms with E-state index in [0.717, 1.165) is 60.8 Å². The zero-order valence-electron chi connectivity index (χ0n) is 17.0. The van der Waals surface area contributed by atoms with E-state index in [4.69, 9.17) is 0 Å². The molecule has 0 bridgehead atoms. The summed E-state index contributed by atoms with van der Waals surface area (Å²) in [6, 6.07) is 4.04. The Labute approximate surface area is 178 Å². The molecule has 0 saturated carbocycles. The summed E-state index contributed by atoms with van der Waals surface area (Å²) in [5.41, 5.74) is 0.122. The summed E-state index contributed by atoms with van der Waals surface area (Å²) in [6.45, 7) is 7.97. The van der Waals surface area contributed by atoms with Crippen molar-refractivity contribution >= 4 is 23.1 Å². The van der Waals surface area contributed by atoms with Crippen molar-refractivity contribution in [1.82, 2.24) is 25.5 Å². The van der Waals surface area contributed by atoms with Crippen LogP contribution in [0.25, 0.3) is 0 Å². The number of alkyl halides is 3. The second-order valence-electron chi connectivity index (χ2n) is 6.85. The maximum absolute atomic E-state index is 12.6. The summed E-state index contributed by atoms with van der Waals surface area (Å²) in [6.07, 6.45) is -2.59. The van der Waals surface area contributed by atoms with E-state index in [0.29, 0.717) is 17.5 Å². The normalized spacial score (nSPS) is 16.0. The van der Waals surface area contributed by atoms with Crippen LogP contribution in [0.5, 0.6) is 0 Å². The van der Waals surface area contributed by atoms with E-state index in [9.17, 15) is 13.2 Å². The highest BCUT2D eigenvalue weighted by molar-refractivity contribution is 7.09. The molecule has 30 heavy (non-hydrogen) atoms. The van der Waals surface area contributed by atoms with E-state index in [1.54, 1.807) is 7.05 Å². The molecule has 3 heterocycles. The molecular formula is C19H26F3N7S. The van der Waals surface area contributed by atoms with Gasteiger partial charge < -0.3 is 20.4 Å². The lowest BCUT2D eigenvalue weighted by molar-refractivity contribution is -0.140. The van der Waals surface area contributed by atoms with Crippen LogP contribution in [0.1, 0.15) is 23.2 Å². The van der Waals surface area contributed by atoms with Gasteiger partial charge in [-0.1, -0.05) is 13.0 Å². The van der Waals surface area contributed by atoms with Crippen molar-refractivity contribution in [3.63, 3.8) is 0 Å². The van der Waals surface area contributed by atoms with Gasteiger partial charge in [0, 0.05) is 51.3 Å². The van der Waals surface area contributed by atoms with Crippen molar-refractivity contribution in [1.29, 1.82) is 0 Å². The smallest absolute Gasteiger partial charge is 0.354 e. The van der Waals surface area contributed by atoms with Crippen LogP contribution < -0.4 is 15.5 Å². The van der Waals surface area contributed by atoms with E-state index >= 15 is 0 Å². The van der Waals surface area contributed by atoms with Crippen LogP contribution in [-0.4, -0.2) is 60.6 Å². The number of pyridine rings is 1. The van der Waals surface area contributed by atoms with Gasteiger partial charge in [0.25, 0.3) is 0 Å². The van der Waals surface area contributed by atoms with E-state index < -0.39 is 11.9 Å². The number of thiazole rings is 1. The quantitative estimate of drug-likeness (QED) is 0.531. The van der Waals surface area contributed by atoms with Crippen LogP contribution in [0.2, 0.25) is 0 Å². The maximum Gasteiger partial charge on any atom is 0.434 e. The molecule has 2 aromatic heterocycles. The van der Waals surface area contributed by atoms with Crippen LogP contribution in [0.15, 0.2) is 28.7 Å². The third-order valence-corrected chi connectivity index (χ3v) is 5.73. The van der Waals surface area contributed by atoms with Crippen molar-refractivity contribution < 1.29 is 13.2 Å². The molecule has 3 rings (SSSR count). The summed E-state index contributed by atoms with van der Waals surface area (Å²) in [5, 5.41) is 7.48. The van der Waals surface area contributed by atoms with Crippen molar-refractivity contribution in [2.45, 2.75) is 26.2 Å². The molecule has 0 aliphatic carbocycles. The predicted molar refractivity (Wildman–Crippen MR) is 113 cm³/mol. The second-order valence-corrected chi connectivity index (χ2v) is 7.79. The molecule has 0 radical (unpaired) electrons. The van der Waals surface area contributed by atoms with Crippen molar-refractivity contribution in [3.8, 4) is 0 Å². The second kappa shape index (κ2) is 10.1. The highest BCUT2D eigenvalue weighted by Gasteiger charge is 2.33. The molecule has 0 atom stereocenters. The number of halogens is 3. The molecule has 7 nitrogen and oxygen atoms in total. The Kier molecular flexibility index (Phi) is 7.48. The zero-order valence-corrected chi connectivity index (χ0v) is 17.9. The number of nitrogens with one attached hydrogen (secondary N) is 2. The number of hydrogen-bond donors (Lipinski definition) is 2. The fraction of sp³-hybridized carbons (Fsp3) is 0.526. The average molecular weight is 442 g/mol. The Balaban J connectivity index is 1.46. The highest BCUT2D eigenvalue weighted by atomic mass is 32.1. The molecule has 0 spiro atoms. The molecule has 164 valence electrons. The summed E-state index contributed by atoms with van der Waals surface area (Å²) < 4.78 is 37.9. The van der Waals surface area contributed by atoms with Crippen LogP contribution in [0.4, 0.5) is 19.0 Å². The SMILES string of the molecule is CCN1CCN(c2ccc(CNC(=NC)NCc3nc(C(F)(F)F)cs3)cn2)CC1. The third-order valence-electron chi connectivity index (χ3n) is 4.89. The molecule has 0 amide bonds. The van der Waals surface area contributed by atoms with Crippen LogP contribution >= 0.6 is 11.3 Å². The fourth-order valence-corrected chi connectivity index (χ4v) is 3.83. The summed E-state index contributed by atoms with van der Waals surface area (Å²) in [7, 11) is 1.61. The molecule has 2 aromatic rings. The van der Waals surface area contributed by atoms with E-state index in [1.807, 2.05) is 18.3 Å². The van der Waals surface area contributed by atoms with Crippen molar-refractivity contribution in [2.24, 2.45) is 4.99 Å². The first-order chi connectivity index (χ1) is 14.4. The Morgan fingerprint density at radius 1 is 1.17 bits per heavy atom. The molecule has 11 heteroatoms. The minimum atomic E-state index is -4.42. The number of rotatable bonds is 6. The van der Waals surface area contributed by atoms with Crippen LogP contribution in [-0.2, 0) is 19.3 Å². The standard InChI is InChI=1S/C19H26F3N7S/c1-3-28-6-8-29(9-7-28)16-5-4-14(10-24-16)11-25-18(23-2)26-12-17-27-15(13-30-17)19(20,21)22/h4-5,10,13H,3,6-9,11-12H2,1-2H3,(H2,23,25,26). The maximum atomic E-state index is 12.6. The van der Waals surface area contributed by atoms with Gasteiger partial charge in [0.15, 0.2) is 11.7 Å². The average Bonchev–Trinajstić information content (AvgIpc) is 3.24. The zero-order chi connectivity index (χ0) is 21.6. The van der Waals surface area contributed by atoms with E-state index in [2.05, 4.69) is 42.3 Å². The minimum absolute atomic E-state index is 0.168. The number of nitrogens with zero attached hydrogens (tertiary/aromatic N) is 5. The largest absolute Gasteiger partial charge is 0.434 e. The van der Waals surface area contributed by atoms with Gasteiger partial charge in [0.05, 0.1) is 6.54 Å². The van der Waals surface area contributed by atoms with Crippen LogP contribution in [0, 0.1) is 0 Å². The first-order valence-electron chi connectivity index (χ1n) is 9.77. The lowest BCUT2D eigenvalue weighted by Gasteiger charge is -2.34. The molecule has 1 aliphatic rings. The number of aromatic nitrogens is 2. The fourth-order valence-electron chi connectivity index (χ4n) is 3.09. The topological polar surface area (TPSA) is 68.7 Å². The van der Waals surface area contributed by atoms with Crippen molar-refractivity contribution in [2.75, 3.05) is 44.7 Å². The molecule has 1 aliphatic heterocycles. The number of piperazine rings is 1. The number of aliphatic imine (C=N–C) groups is 1. The molecule has 1 fully saturated rings. The van der Waals surface area contributed by atoms with Crippen LogP contribution in [0.3, 0.4) is 0 Å². The lowest BCUT2D eigenvalue weighted by atomic mass is 10.2. The van der Waals surface area contributed by atoms with Gasteiger partial charge in [-0.25, -0.2) is 9.97 Å². The molecular weight excluding hydrogens is 415 g/mol. The van der Waals surface area contributed by atoms with Gasteiger partial charge in [0.1, 0.15) is 10.8 Å². The third kappa shape index (κ3) is 6.05. The van der Waals surface area contributed by atoms with Gasteiger partial charge in [0.2, 0.25) is 0 Å².